The third-order valence-electron chi connectivity index (χ3n) is 9.91. The van der Waals surface area contributed by atoms with Gasteiger partial charge in [-0.05, 0) is 53.4 Å². The van der Waals surface area contributed by atoms with Gasteiger partial charge in [0.2, 0.25) is 0 Å². The molecular formula is C47H31N3. The number of nitrogens with zero attached hydrogens (tertiary/aromatic N) is 3. The maximum absolute atomic E-state index is 5.32. The van der Waals surface area contributed by atoms with Gasteiger partial charge in [0.05, 0.1) is 27.9 Å². The van der Waals surface area contributed by atoms with Gasteiger partial charge in [-0.1, -0.05) is 140 Å². The summed E-state index contributed by atoms with van der Waals surface area (Å²) in [7, 11) is 0. The lowest BCUT2D eigenvalue weighted by Crippen LogP contribution is -1.97. The minimum Gasteiger partial charge on any atom is -0.314 e. The van der Waals surface area contributed by atoms with Gasteiger partial charge in [0.1, 0.15) is 0 Å². The summed E-state index contributed by atoms with van der Waals surface area (Å²) in [6, 6.07) is 64.9. The van der Waals surface area contributed by atoms with Gasteiger partial charge in [-0.15, -0.1) is 0 Å². The Morgan fingerprint density at radius 2 is 1.02 bits per heavy atom. The first-order valence-electron chi connectivity index (χ1n) is 17.1. The second-order valence-corrected chi connectivity index (χ2v) is 12.8. The molecule has 0 amide bonds. The number of pyridine rings is 1. The van der Waals surface area contributed by atoms with Crippen LogP contribution in [-0.4, -0.2) is 14.1 Å². The summed E-state index contributed by atoms with van der Waals surface area (Å²) >= 11 is 0. The lowest BCUT2D eigenvalue weighted by Gasteiger charge is -2.12. The zero-order valence-corrected chi connectivity index (χ0v) is 27.2. The summed E-state index contributed by atoms with van der Waals surface area (Å²) < 4.78 is 4.81. The number of fused-ring (bicyclic) bond motifs is 6. The number of rotatable bonds is 5. The number of aromatic nitrogens is 3. The van der Waals surface area contributed by atoms with Crippen LogP contribution in [0.1, 0.15) is 0 Å². The van der Waals surface area contributed by atoms with Crippen LogP contribution in [0.5, 0.6) is 0 Å². The molecule has 3 nitrogen and oxygen atoms in total. The van der Waals surface area contributed by atoms with E-state index < -0.39 is 0 Å². The Kier molecular flexibility index (Phi) is 6.49. The van der Waals surface area contributed by atoms with E-state index in [0.717, 1.165) is 44.8 Å². The minimum atomic E-state index is 0.963. The van der Waals surface area contributed by atoms with Crippen LogP contribution in [0.25, 0.3) is 88.5 Å². The van der Waals surface area contributed by atoms with Gasteiger partial charge in [0.25, 0.3) is 0 Å². The highest BCUT2D eigenvalue weighted by Crippen LogP contribution is 2.43. The van der Waals surface area contributed by atoms with E-state index in [2.05, 4.69) is 197 Å². The van der Waals surface area contributed by atoms with Crippen LogP contribution >= 0.6 is 0 Å². The van der Waals surface area contributed by atoms with Crippen molar-refractivity contribution in [3.8, 4) is 45.0 Å². The van der Waals surface area contributed by atoms with E-state index in [-0.39, 0.29) is 0 Å². The summed E-state index contributed by atoms with van der Waals surface area (Å²) in [6.45, 7) is 0. The van der Waals surface area contributed by atoms with Crippen LogP contribution in [-0.2, 0) is 0 Å². The van der Waals surface area contributed by atoms with Crippen molar-refractivity contribution in [1.82, 2.24) is 14.1 Å². The van der Waals surface area contributed by atoms with Crippen molar-refractivity contribution in [1.29, 1.82) is 0 Å². The third-order valence-corrected chi connectivity index (χ3v) is 9.91. The van der Waals surface area contributed by atoms with E-state index in [1.807, 2.05) is 0 Å². The fourth-order valence-corrected chi connectivity index (χ4v) is 7.62. The van der Waals surface area contributed by atoms with Crippen LogP contribution < -0.4 is 0 Å². The van der Waals surface area contributed by atoms with Gasteiger partial charge in [0, 0.05) is 55.8 Å². The van der Waals surface area contributed by atoms with E-state index in [9.17, 15) is 0 Å². The van der Waals surface area contributed by atoms with Crippen molar-refractivity contribution in [2.45, 2.75) is 0 Å². The lowest BCUT2D eigenvalue weighted by atomic mass is 10.00. The summed E-state index contributed by atoms with van der Waals surface area (Å²) in [5.41, 5.74) is 12.4. The molecule has 10 rings (SSSR count). The molecule has 0 radical (unpaired) electrons. The quantitative estimate of drug-likeness (QED) is 0.184. The fourth-order valence-electron chi connectivity index (χ4n) is 7.62. The standard InChI is InChI=1S/C47H31N3/c1-5-15-32(16-6-1)42-31-49(36-20-9-3-10-21-36)46-40(42)27-26-39-41-29-35(25-28-44(41)50(47(39)46)37-22-11-4-12-23-37)43-30-34-19-13-14-24-38(34)45(48-43)33-17-7-2-8-18-33/h1-31H. The molecule has 3 heteroatoms. The molecule has 7 aromatic carbocycles. The van der Waals surface area contributed by atoms with E-state index in [1.165, 1.54) is 43.7 Å². The molecule has 0 fully saturated rings. The van der Waals surface area contributed by atoms with E-state index in [1.54, 1.807) is 0 Å². The van der Waals surface area contributed by atoms with Gasteiger partial charge < -0.3 is 9.13 Å². The monoisotopic (exact) mass is 637 g/mol. The number of para-hydroxylation sites is 2. The maximum atomic E-state index is 5.32. The molecule has 0 atom stereocenters. The first-order valence-corrected chi connectivity index (χ1v) is 17.1. The molecule has 0 saturated carbocycles. The molecule has 0 aliphatic rings. The smallest absolute Gasteiger partial charge is 0.0788 e. The van der Waals surface area contributed by atoms with Gasteiger partial charge >= 0.3 is 0 Å². The number of hydrogen-bond acceptors (Lipinski definition) is 1. The molecule has 0 N–H and O–H groups in total. The van der Waals surface area contributed by atoms with Crippen molar-refractivity contribution >= 4 is 43.5 Å². The van der Waals surface area contributed by atoms with E-state index in [0.29, 0.717) is 0 Å². The molecule has 50 heavy (non-hydrogen) atoms. The topological polar surface area (TPSA) is 22.8 Å². The molecule has 0 unspecified atom stereocenters. The lowest BCUT2D eigenvalue weighted by molar-refractivity contribution is 1.12. The van der Waals surface area contributed by atoms with Crippen LogP contribution in [0.2, 0.25) is 0 Å². The molecule has 0 saturated heterocycles. The summed E-state index contributed by atoms with van der Waals surface area (Å²) in [5, 5.41) is 5.96. The average Bonchev–Trinajstić information content (AvgIpc) is 3.75. The van der Waals surface area contributed by atoms with Crippen molar-refractivity contribution in [3.05, 3.63) is 188 Å². The highest BCUT2D eigenvalue weighted by Gasteiger charge is 2.22. The first-order chi connectivity index (χ1) is 24.8. The van der Waals surface area contributed by atoms with Crippen LogP contribution in [0.4, 0.5) is 0 Å². The molecule has 0 bridgehead atoms. The molecule has 10 aromatic rings. The SMILES string of the molecule is c1ccc(-c2nc(-c3ccc4c(c3)c3ccc5c(-c6ccccc6)cn(-c6ccccc6)c5c3n4-c3ccccc3)cc3ccccc23)cc1. The van der Waals surface area contributed by atoms with Crippen molar-refractivity contribution in [2.75, 3.05) is 0 Å². The van der Waals surface area contributed by atoms with Crippen molar-refractivity contribution in [3.63, 3.8) is 0 Å². The Bertz CT molecular complexity index is 2830. The molecular weight excluding hydrogens is 607 g/mol. The van der Waals surface area contributed by atoms with Gasteiger partial charge in [-0.25, -0.2) is 4.98 Å². The van der Waals surface area contributed by atoms with E-state index >= 15 is 0 Å². The predicted octanol–water partition coefficient (Wildman–Crippen LogP) is 12.3. The average molecular weight is 638 g/mol. The molecule has 234 valence electrons. The van der Waals surface area contributed by atoms with Gasteiger partial charge in [0.15, 0.2) is 0 Å². The fraction of sp³-hybridized carbons (Fsp3) is 0. The maximum Gasteiger partial charge on any atom is 0.0788 e. The predicted molar refractivity (Wildman–Crippen MR) is 209 cm³/mol. The number of hydrogen-bond donors (Lipinski definition) is 0. The highest BCUT2D eigenvalue weighted by molar-refractivity contribution is 6.21. The summed E-state index contributed by atoms with van der Waals surface area (Å²) in [6.07, 6.45) is 2.30. The zero-order chi connectivity index (χ0) is 33.0. The largest absolute Gasteiger partial charge is 0.314 e. The van der Waals surface area contributed by atoms with Gasteiger partial charge in [-0.3, -0.25) is 0 Å². The first kappa shape index (κ1) is 28.3. The van der Waals surface area contributed by atoms with Crippen LogP contribution in [0.3, 0.4) is 0 Å². The Balaban J connectivity index is 1.30. The van der Waals surface area contributed by atoms with Crippen LogP contribution in [0, 0.1) is 0 Å². The van der Waals surface area contributed by atoms with Crippen molar-refractivity contribution in [2.24, 2.45) is 0 Å². The second-order valence-electron chi connectivity index (χ2n) is 12.8. The highest BCUT2D eigenvalue weighted by atomic mass is 15.0. The molecule has 3 aromatic heterocycles. The molecule has 0 aliphatic heterocycles. The zero-order valence-electron chi connectivity index (χ0n) is 27.2. The Morgan fingerprint density at radius 1 is 0.400 bits per heavy atom. The minimum absolute atomic E-state index is 0.963. The third kappa shape index (κ3) is 4.48. The van der Waals surface area contributed by atoms with E-state index in [4.69, 9.17) is 4.98 Å². The molecule has 0 spiro atoms. The normalized spacial score (nSPS) is 11.6. The van der Waals surface area contributed by atoms with Crippen molar-refractivity contribution < 1.29 is 0 Å². The summed E-state index contributed by atoms with van der Waals surface area (Å²) in [5.74, 6) is 0. The molecule has 0 aliphatic carbocycles. The molecule has 3 heterocycles. The Hall–Kier alpha value is -6.71. The van der Waals surface area contributed by atoms with Gasteiger partial charge in [-0.2, -0.15) is 0 Å². The summed E-state index contributed by atoms with van der Waals surface area (Å²) in [4.78, 5) is 5.32. The second kappa shape index (κ2) is 11.5. The Morgan fingerprint density at radius 3 is 1.76 bits per heavy atom. The Labute approximate surface area is 290 Å². The number of benzene rings is 7. The van der Waals surface area contributed by atoms with Crippen LogP contribution in [0.15, 0.2) is 188 Å².